The second-order valence-electron chi connectivity index (χ2n) is 6.05. The Morgan fingerprint density at radius 2 is 1.85 bits per heavy atom. The number of aromatic nitrogens is 1. The van der Waals surface area contributed by atoms with Crippen LogP contribution in [0.2, 0.25) is 0 Å². The molecule has 3 rings (SSSR count). The second kappa shape index (κ2) is 8.01. The summed E-state index contributed by atoms with van der Waals surface area (Å²) in [6.07, 6.45) is 0. The summed E-state index contributed by atoms with van der Waals surface area (Å²) >= 11 is 1.06. The van der Waals surface area contributed by atoms with E-state index in [1.165, 1.54) is 4.57 Å². The lowest BCUT2D eigenvalue weighted by Crippen LogP contribution is -2.25. The van der Waals surface area contributed by atoms with Gasteiger partial charge in [-0.05, 0) is 30.7 Å². The minimum Gasteiger partial charge on any atom is -0.355 e. The molecule has 0 saturated carbocycles. The van der Waals surface area contributed by atoms with Gasteiger partial charge in [0.25, 0.3) is 5.91 Å². The molecule has 0 bridgehead atoms. The van der Waals surface area contributed by atoms with Crippen LogP contribution in [0.3, 0.4) is 0 Å². The van der Waals surface area contributed by atoms with Gasteiger partial charge in [0, 0.05) is 23.7 Å². The number of nitrogens with zero attached hydrogens (tertiary/aromatic N) is 1. The van der Waals surface area contributed by atoms with Crippen molar-refractivity contribution in [1.82, 2.24) is 9.88 Å². The SMILES string of the molecule is CNC(=O)c1cccc(NC(=O)Cn2c(-c3ccc(C)cc3)csc2=O)c1. The van der Waals surface area contributed by atoms with E-state index in [2.05, 4.69) is 10.6 Å². The number of hydrogen-bond acceptors (Lipinski definition) is 4. The first-order valence-electron chi connectivity index (χ1n) is 8.35. The van der Waals surface area contributed by atoms with Gasteiger partial charge in [0.2, 0.25) is 5.91 Å². The Morgan fingerprint density at radius 1 is 1.11 bits per heavy atom. The molecular formula is C20H19N3O3S. The van der Waals surface area contributed by atoms with E-state index < -0.39 is 0 Å². The fourth-order valence-corrected chi connectivity index (χ4v) is 3.42. The maximum absolute atomic E-state index is 12.5. The third-order valence-corrected chi connectivity index (χ3v) is 4.83. The summed E-state index contributed by atoms with van der Waals surface area (Å²) in [6, 6.07) is 14.4. The van der Waals surface area contributed by atoms with Crippen LogP contribution in [-0.4, -0.2) is 23.4 Å². The van der Waals surface area contributed by atoms with E-state index in [-0.39, 0.29) is 23.2 Å². The lowest BCUT2D eigenvalue weighted by molar-refractivity contribution is -0.116. The Bertz CT molecular complexity index is 1040. The fraction of sp³-hybridized carbons (Fsp3) is 0.150. The van der Waals surface area contributed by atoms with E-state index >= 15 is 0 Å². The zero-order valence-electron chi connectivity index (χ0n) is 15.0. The number of aryl methyl sites for hydroxylation is 1. The Labute approximate surface area is 160 Å². The van der Waals surface area contributed by atoms with Crippen LogP contribution in [0.1, 0.15) is 15.9 Å². The molecule has 3 aromatic rings. The number of anilines is 1. The van der Waals surface area contributed by atoms with Gasteiger partial charge >= 0.3 is 4.87 Å². The number of benzene rings is 2. The largest absolute Gasteiger partial charge is 0.355 e. The standard InChI is InChI=1S/C20H19N3O3S/c1-13-6-8-14(9-7-13)17-12-27-20(26)23(17)11-18(24)22-16-5-3-4-15(10-16)19(25)21-2/h3-10,12H,11H2,1-2H3,(H,21,25)(H,22,24). The van der Waals surface area contributed by atoms with E-state index in [9.17, 15) is 14.4 Å². The van der Waals surface area contributed by atoms with Gasteiger partial charge in [-0.2, -0.15) is 0 Å². The minimum atomic E-state index is -0.335. The molecule has 7 heteroatoms. The summed E-state index contributed by atoms with van der Waals surface area (Å²) in [5.74, 6) is -0.570. The normalized spacial score (nSPS) is 10.4. The van der Waals surface area contributed by atoms with Crippen molar-refractivity contribution in [2.45, 2.75) is 13.5 Å². The van der Waals surface area contributed by atoms with E-state index in [0.717, 1.165) is 22.5 Å². The van der Waals surface area contributed by atoms with Gasteiger partial charge in [-0.3, -0.25) is 19.0 Å². The molecule has 0 aliphatic heterocycles. The van der Waals surface area contributed by atoms with Crippen molar-refractivity contribution >= 4 is 28.8 Å². The summed E-state index contributed by atoms with van der Waals surface area (Å²) in [5.41, 5.74) is 3.66. The molecule has 138 valence electrons. The summed E-state index contributed by atoms with van der Waals surface area (Å²) in [7, 11) is 1.54. The topological polar surface area (TPSA) is 80.2 Å². The van der Waals surface area contributed by atoms with Crippen molar-refractivity contribution in [2.24, 2.45) is 0 Å². The van der Waals surface area contributed by atoms with E-state index in [1.54, 1.807) is 36.7 Å². The molecule has 0 aliphatic rings. The molecule has 0 unspecified atom stereocenters. The summed E-state index contributed by atoms with van der Waals surface area (Å²) in [5, 5.41) is 7.04. The van der Waals surface area contributed by atoms with Gasteiger partial charge in [-0.15, -0.1) is 0 Å². The zero-order valence-corrected chi connectivity index (χ0v) is 15.8. The molecule has 2 aromatic carbocycles. The van der Waals surface area contributed by atoms with E-state index in [1.807, 2.05) is 31.2 Å². The molecule has 2 amide bonds. The number of amides is 2. The summed E-state index contributed by atoms with van der Waals surface area (Å²) in [4.78, 5) is 36.2. The Morgan fingerprint density at radius 3 is 2.56 bits per heavy atom. The molecule has 0 fully saturated rings. The van der Waals surface area contributed by atoms with Crippen molar-refractivity contribution in [3.8, 4) is 11.3 Å². The molecule has 2 N–H and O–H groups in total. The van der Waals surface area contributed by atoms with Crippen LogP contribution in [0.5, 0.6) is 0 Å². The average Bonchev–Trinajstić information content (AvgIpc) is 3.02. The van der Waals surface area contributed by atoms with Crippen molar-refractivity contribution in [1.29, 1.82) is 0 Å². The monoisotopic (exact) mass is 381 g/mol. The van der Waals surface area contributed by atoms with Crippen LogP contribution < -0.4 is 15.5 Å². The molecule has 6 nitrogen and oxygen atoms in total. The number of hydrogen-bond donors (Lipinski definition) is 2. The predicted octanol–water partition coefficient (Wildman–Crippen LogP) is 2.88. The molecule has 0 aliphatic carbocycles. The average molecular weight is 381 g/mol. The smallest absolute Gasteiger partial charge is 0.308 e. The first-order valence-corrected chi connectivity index (χ1v) is 9.23. The van der Waals surface area contributed by atoms with Crippen molar-refractivity contribution < 1.29 is 9.59 Å². The molecule has 1 heterocycles. The van der Waals surface area contributed by atoms with E-state index in [0.29, 0.717) is 16.9 Å². The highest BCUT2D eigenvalue weighted by atomic mass is 32.1. The molecule has 0 saturated heterocycles. The van der Waals surface area contributed by atoms with Crippen LogP contribution in [-0.2, 0) is 11.3 Å². The maximum Gasteiger partial charge on any atom is 0.308 e. The second-order valence-corrected chi connectivity index (χ2v) is 6.87. The number of thiazole rings is 1. The lowest BCUT2D eigenvalue weighted by atomic mass is 10.1. The quantitative estimate of drug-likeness (QED) is 0.713. The first kappa shape index (κ1) is 18.6. The Kier molecular flexibility index (Phi) is 5.52. The van der Waals surface area contributed by atoms with Gasteiger partial charge in [0.15, 0.2) is 0 Å². The van der Waals surface area contributed by atoms with Gasteiger partial charge in [0.1, 0.15) is 6.54 Å². The third kappa shape index (κ3) is 4.32. The van der Waals surface area contributed by atoms with Crippen molar-refractivity contribution in [3.05, 3.63) is 74.7 Å². The minimum absolute atomic E-state index is 0.101. The van der Waals surface area contributed by atoms with Crippen LogP contribution in [0.15, 0.2) is 58.7 Å². The lowest BCUT2D eigenvalue weighted by Gasteiger charge is -2.10. The predicted molar refractivity (Wildman–Crippen MR) is 107 cm³/mol. The highest BCUT2D eigenvalue weighted by molar-refractivity contribution is 7.07. The number of carbonyl (C=O) groups is 2. The number of rotatable bonds is 5. The molecule has 0 atom stereocenters. The first-order chi connectivity index (χ1) is 13.0. The van der Waals surface area contributed by atoms with Gasteiger partial charge < -0.3 is 10.6 Å². The molecular weight excluding hydrogens is 362 g/mol. The molecule has 0 radical (unpaired) electrons. The highest BCUT2D eigenvalue weighted by Gasteiger charge is 2.13. The zero-order chi connectivity index (χ0) is 19.4. The highest BCUT2D eigenvalue weighted by Crippen LogP contribution is 2.20. The van der Waals surface area contributed by atoms with Gasteiger partial charge in [-0.25, -0.2) is 0 Å². The van der Waals surface area contributed by atoms with Gasteiger partial charge in [0.05, 0.1) is 5.69 Å². The molecule has 0 spiro atoms. The van der Waals surface area contributed by atoms with Gasteiger partial charge in [-0.1, -0.05) is 47.2 Å². The fourth-order valence-electron chi connectivity index (χ4n) is 2.66. The van der Waals surface area contributed by atoms with E-state index in [4.69, 9.17) is 0 Å². The summed E-state index contributed by atoms with van der Waals surface area (Å²) < 4.78 is 1.45. The van der Waals surface area contributed by atoms with Crippen molar-refractivity contribution in [2.75, 3.05) is 12.4 Å². The Hall–Kier alpha value is -3.19. The number of carbonyl (C=O) groups excluding carboxylic acids is 2. The Balaban J connectivity index is 1.79. The van der Waals surface area contributed by atoms with Crippen LogP contribution in [0.25, 0.3) is 11.3 Å². The van der Waals surface area contributed by atoms with Crippen LogP contribution in [0.4, 0.5) is 5.69 Å². The van der Waals surface area contributed by atoms with Crippen LogP contribution in [0, 0.1) is 6.92 Å². The maximum atomic E-state index is 12.5. The number of nitrogens with one attached hydrogen (secondary N) is 2. The van der Waals surface area contributed by atoms with Crippen LogP contribution >= 0.6 is 11.3 Å². The van der Waals surface area contributed by atoms with Crippen molar-refractivity contribution in [3.63, 3.8) is 0 Å². The molecule has 1 aromatic heterocycles. The molecule has 27 heavy (non-hydrogen) atoms. The summed E-state index contributed by atoms with van der Waals surface area (Å²) in [6.45, 7) is 1.89. The third-order valence-electron chi connectivity index (χ3n) is 4.07.